The van der Waals surface area contributed by atoms with E-state index in [1.807, 2.05) is 13.8 Å². The first-order chi connectivity index (χ1) is 13.1. The van der Waals surface area contributed by atoms with Crippen LogP contribution in [0.4, 0.5) is 0 Å². The molecule has 0 saturated carbocycles. The monoisotopic (exact) mass is 442 g/mol. The van der Waals surface area contributed by atoms with E-state index in [4.69, 9.17) is 18.9 Å². The van der Waals surface area contributed by atoms with Gasteiger partial charge in [-0.3, -0.25) is 0 Å². The third-order valence-electron chi connectivity index (χ3n) is 5.01. The number of rotatable bonds is 11. The van der Waals surface area contributed by atoms with Gasteiger partial charge in [0.2, 0.25) is 0 Å². The van der Waals surface area contributed by atoms with E-state index in [1.54, 1.807) is 19.1 Å². The largest absolute Gasteiger partial charge is 0.478 e. The normalized spacial score (nSPS) is 16.6. The van der Waals surface area contributed by atoms with E-state index in [9.17, 15) is 9.90 Å². The highest BCUT2D eigenvalue weighted by molar-refractivity contribution is 6.77. The predicted molar refractivity (Wildman–Crippen MR) is 121 cm³/mol. The van der Waals surface area contributed by atoms with Gasteiger partial charge < -0.3 is 24.1 Å². The van der Waals surface area contributed by atoms with Gasteiger partial charge in [-0.15, -0.1) is 0 Å². The van der Waals surface area contributed by atoms with E-state index < -0.39 is 34.7 Å². The summed E-state index contributed by atoms with van der Waals surface area (Å²) in [7, 11) is -2.93. The molecule has 0 aliphatic heterocycles. The van der Waals surface area contributed by atoms with Gasteiger partial charge >= 0.3 is 5.97 Å². The Morgan fingerprint density at radius 3 is 1.69 bits per heavy atom. The highest BCUT2D eigenvalue weighted by Gasteiger charge is 2.27. The lowest BCUT2D eigenvalue weighted by molar-refractivity contribution is -0.0814. The van der Waals surface area contributed by atoms with Crippen LogP contribution in [-0.2, 0) is 9.47 Å². The Labute approximate surface area is 177 Å². The summed E-state index contributed by atoms with van der Waals surface area (Å²) in [6, 6.07) is 4.76. The predicted octanol–water partition coefficient (Wildman–Crippen LogP) is 5.40. The Hall–Kier alpha value is -1.36. The molecule has 8 heteroatoms. The van der Waals surface area contributed by atoms with Crippen molar-refractivity contribution in [2.45, 2.75) is 91.0 Å². The zero-order valence-corrected chi connectivity index (χ0v) is 21.5. The molecule has 0 aliphatic carbocycles. The van der Waals surface area contributed by atoms with Gasteiger partial charge in [0.05, 0.1) is 16.1 Å². The number of carboxylic acid groups (broad SMARTS) is 1. The van der Waals surface area contributed by atoms with Crippen LogP contribution in [0.1, 0.15) is 38.1 Å². The van der Waals surface area contributed by atoms with Crippen molar-refractivity contribution in [2.24, 2.45) is 0 Å². The first-order valence-corrected chi connectivity index (χ1v) is 17.3. The van der Waals surface area contributed by atoms with Gasteiger partial charge in [0.1, 0.15) is 17.1 Å². The molecule has 0 aliphatic rings. The minimum atomic E-state index is -1.48. The number of ether oxygens (including phenoxy) is 4. The van der Waals surface area contributed by atoms with Crippen LogP contribution >= 0.6 is 0 Å². The van der Waals surface area contributed by atoms with Crippen LogP contribution in [0.5, 0.6) is 11.5 Å². The van der Waals surface area contributed by atoms with Gasteiger partial charge in [-0.05, 0) is 45.9 Å². The maximum Gasteiger partial charge on any atom is 0.339 e. The summed E-state index contributed by atoms with van der Waals surface area (Å²) in [6.07, 6.45) is -1.04. The fraction of sp³-hybridized carbons (Fsp3) is 0.667. The van der Waals surface area contributed by atoms with E-state index >= 15 is 0 Å². The van der Waals surface area contributed by atoms with Gasteiger partial charge in [0.25, 0.3) is 0 Å². The summed E-state index contributed by atoms with van der Waals surface area (Å²) >= 11 is 0. The first-order valence-electron chi connectivity index (χ1n) is 10.1. The summed E-state index contributed by atoms with van der Waals surface area (Å²) in [5.41, 5.74) is 0.231. The molecule has 166 valence electrons. The Morgan fingerprint density at radius 2 is 1.28 bits per heavy atom. The zero-order valence-electron chi connectivity index (χ0n) is 19.5. The average molecular weight is 443 g/mol. The van der Waals surface area contributed by atoms with Gasteiger partial charge in [0, 0.05) is 11.5 Å². The van der Waals surface area contributed by atoms with Crippen molar-refractivity contribution >= 4 is 22.1 Å². The van der Waals surface area contributed by atoms with E-state index in [2.05, 4.69) is 46.2 Å². The lowest BCUT2D eigenvalue weighted by Gasteiger charge is -2.29. The third kappa shape index (κ3) is 8.50. The fourth-order valence-corrected chi connectivity index (χ4v) is 3.46. The molecule has 4 atom stereocenters. The highest BCUT2D eigenvalue weighted by Crippen LogP contribution is 2.27. The van der Waals surface area contributed by atoms with Gasteiger partial charge in [-0.25, -0.2) is 4.79 Å². The average Bonchev–Trinajstić information content (AvgIpc) is 2.53. The molecule has 0 spiro atoms. The molecule has 4 unspecified atom stereocenters. The van der Waals surface area contributed by atoms with Crippen molar-refractivity contribution in [3.8, 4) is 11.5 Å². The number of carboxylic acids is 1. The van der Waals surface area contributed by atoms with Crippen LogP contribution in [0.2, 0.25) is 39.3 Å². The third-order valence-corrected chi connectivity index (χ3v) is 10.2. The number of hydrogen-bond acceptors (Lipinski definition) is 5. The second-order valence-corrected chi connectivity index (χ2v) is 20.7. The Balaban J connectivity index is 2.87. The molecule has 0 aromatic heterocycles. The number of carbonyl (C=O) groups is 1. The minimum Gasteiger partial charge on any atom is -0.478 e. The Bertz CT molecular complexity index is 681. The number of benzene rings is 1. The maximum absolute atomic E-state index is 11.7. The SMILES string of the molecule is CC(Oc1ccc(OC(C)OC(C)[Si](C)(C)C)c(C(=O)O)c1)OC(C)[Si](C)(C)C. The molecule has 1 aromatic carbocycles. The van der Waals surface area contributed by atoms with Crippen LogP contribution < -0.4 is 9.47 Å². The Kier molecular flexibility index (Phi) is 8.95. The van der Waals surface area contributed by atoms with E-state index in [0.29, 0.717) is 5.75 Å². The van der Waals surface area contributed by atoms with Gasteiger partial charge in [0.15, 0.2) is 12.6 Å². The maximum atomic E-state index is 11.7. The molecule has 1 aromatic rings. The zero-order chi connectivity index (χ0) is 22.6. The van der Waals surface area contributed by atoms with Crippen molar-refractivity contribution in [2.75, 3.05) is 0 Å². The van der Waals surface area contributed by atoms with Crippen molar-refractivity contribution in [3.05, 3.63) is 23.8 Å². The van der Waals surface area contributed by atoms with Crippen LogP contribution in [0.15, 0.2) is 18.2 Å². The van der Waals surface area contributed by atoms with Crippen molar-refractivity contribution < 1.29 is 28.8 Å². The molecule has 29 heavy (non-hydrogen) atoms. The molecular weight excluding hydrogens is 404 g/mol. The first kappa shape index (κ1) is 25.7. The number of aromatic carboxylic acids is 1. The van der Waals surface area contributed by atoms with Crippen LogP contribution in [0.25, 0.3) is 0 Å². The quantitative estimate of drug-likeness (QED) is 0.365. The molecule has 1 rings (SSSR count). The lowest BCUT2D eigenvalue weighted by atomic mass is 10.2. The lowest BCUT2D eigenvalue weighted by Crippen LogP contribution is -2.41. The summed E-state index contributed by atoms with van der Waals surface area (Å²) in [6.45, 7) is 21.0. The smallest absolute Gasteiger partial charge is 0.339 e. The van der Waals surface area contributed by atoms with Crippen molar-refractivity contribution in [1.82, 2.24) is 0 Å². The second-order valence-electron chi connectivity index (χ2n) is 9.62. The molecule has 0 saturated heterocycles. The summed E-state index contributed by atoms with van der Waals surface area (Å²) in [4.78, 5) is 11.7. The molecule has 0 amide bonds. The highest BCUT2D eigenvalue weighted by atomic mass is 28.3. The van der Waals surface area contributed by atoms with Crippen LogP contribution in [0, 0.1) is 0 Å². The van der Waals surface area contributed by atoms with Gasteiger partial charge in [-0.2, -0.15) is 0 Å². The molecule has 0 bridgehead atoms. The summed E-state index contributed by atoms with van der Waals surface area (Å²) < 4.78 is 23.4. The fourth-order valence-electron chi connectivity index (χ4n) is 2.26. The molecule has 0 radical (unpaired) electrons. The molecule has 1 N–H and O–H groups in total. The second kappa shape index (κ2) is 10.1. The van der Waals surface area contributed by atoms with Crippen LogP contribution in [-0.4, -0.2) is 51.3 Å². The molecule has 6 nitrogen and oxygen atoms in total. The van der Waals surface area contributed by atoms with E-state index in [-0.39, 0.29) is 22.8 Å². The summed E-state index contributed by atoms with van der Waals surface area (Å²) in [5, 5.41) is 9.61. The topological polar surface area (TPSA) is 74.2 Å². The molecule has 0 heterocycles. The standard InChI is InChI=1S/C21H38O6Si2/c1-14(24-16(3)28(5,6)7)26-18-11-12-20(19(13-18)21(22)23)27-15(2)25-17(4)29(8,9)10/h11-17H,1-10H3,(H,22,23). The van der Waals surface area contributed by atoms with Crippen LogP contribution in [0.3, 0.4) is 0 Å². The molecular formula is C21H38O6Si2. The van der Waals surface area contributed by atoms with Crippen molar-refractivity contribution in [3.63, 3.8) is 0 Å². The Morgan fingerprint density at radius 1 is 0.828 bits per heavy atom. The molecule has 0 fully saturated rings. The van der Waals surface area contributed by atoms with Gasteiger partial charge in [-0.1, -0.05) is 39.3 Å². The minimum absolute atomic E-state index is 0.0315. The summed E-state index contributed by atoms with van der Waals surface area (Å²) in [5.74, 6) is -0.404. The number of hydrogen-bond donors (Lipinski definition) is 1. The van der Waals surface area contributed by atoms with E-state index in [0.717, 1.165) is 0 Å². The van der Waals surface area contributed by atoms with Crippen molar-refractivity contribution in [1.29, 1.82) is 0 Å². The van der Waals surface area contributed by atoms with E-state index in [1.165, 1.54) is 6.07 Å².